The van der Waals surface area contributed by atoms with Crippen molar-refractivity contribution in [2.24, 2.45) is 0 Å². The number of hydrogen-bond donors (Lipinski definition) is 2. The van der Waals surface area contributed by atoms with E-state index >= 15 is 0 Å². The molecule has 0 aliphatic heterocycles. The van der Waals surface area contributed by atoms with Gasteiger partial charge in [-0.05, 0) is 30.0 Å². The predicted octanol–water partition coefficient (Wildman–Crippen LogP) is 2.47. The third-order valence-corrected chi connectivity index (χ3v) is 3.24. The van der Waals surface area contributed by atoms with Gasteiger partial charge in [0.25, 0.3) is 0 Å². The Balaban J connectivity index is 2.14. The molecule has 1 fully saturated rings. The zero-order chi connectivity index (χ0) is 12.4. The van der Waals surface area contributed by atoms with Crippen LogP contribution < -0.4 is 0 Å². The van der Waals surface area contributed by atoms with Crippen molar-refractivity contribution in [3.8, 4) is 0 Å². The highest BCUT2D eigenvalue weighted by Crippen LogP contribution is 2.29. The number of carbonyl (C=O) groups is 1. The van der Waals surface area contributed by atoms with Crippen LogP contribution in [0.25, 0.3) is 0 Å². The Kier molecular flexibility index (Phi) is 3.54. The van der Waals surface area contributed by atoms with Crippen molar-refractivity contribution >= 4 is 17.7 Å². The summed E-state index contributed by atoms with van der Waals surface area (Å²) in [6.45, 7) is 0.216. The van der Waals surface area contributed by atoms with E-state index in [-0.39, 0.29) is 12.6 Å². The van der Waals surface area contributed by atoms with Crippen molar-refractivity contribution in [3.63, 3.8) is 0 Å². The normalized spacial score (nSPS) is 14.7. The molecule has 4 nitrogen and oxygen atoms in total. The fourth-order valence-electron chi connectivity index (χ4n) is 1.78. The molecule has 0 spiro atoms. The van der Waals surface area contributed by atoms with E-state index in [0.717, 1.165) is 18.4 Å². The monoisotopic (exact) mass is 255 g/mol. The number of halogens is 1. The highest BCUT2D eigenvalue weighted by Gasteiger charge is 2.32. The summed E-state index contributed by atoms with van der Waals surface area (Å²) in [5.41, 5.74) is 1.48. The number of benzene rings is 1. The zero-order valence-electron chi connectivity index (χ0n) is 9.27. The molecule has 0 heterocycles. The van der Waals surface area contributed by atoms with Crippen LogP contribution in [0.5, 0.6) is 0 Å². The molecule has 2 N–H and O–H groups in total. The van der Waals surface area contributed by atoms with E-state index in [0.29, 0.717) is 17.1 Å². The van der Waals surface area contributed by atoms with Crippen LogP contribution in [0.1, 0.15) is 24.0 Å². The molecular weight excluding hydrogens is 242 g/mol. The summed E-state index contributed by atoms with van der Waals surface area (Å²) in [6.07, 6.45) is 0.979. The molecule has 1 aromatic carbocycles. The number of carboxylic acid groups (broad SMARTS) is 1. The van der Waals surface area contributed by atoms with Crippen LogP contribution in [0.15, 0.2) is 18.2 Å². The van der Waals surface area contributed by atoms with Crippen LogP contribution in [0.2, 0.25) is 5.02 Å². The summed E-state index contributed by atoms with van der Waals surface area (Å²) in [5.74, 6) is 0. The van der Waals surface area contributed by atoms with Crippen molar-refractivity contribution < 1.29 is 15.0 Å². The van der Waals surface area contributed by atoms with E-state index in [1.54, 1.807) is 18.2 Å². The molecule has 5 heteroatoms. The third-order valence-electron chi connectivity index (χ3n) is 2.87. The van der Waals surface area contributed by atoms with Crippen LogP contribution >= 0.6 is 11.6 Å². The first-order valence-electron chi connectivity index (χ1n) is 5.49. The SMILES string of the molecule is O=C(O)N(Cc1ccc(Cl)c(CO)c1)C1CC1. The van der Waals surface area contributed by atoms with Crippen LogP contribution in [-0.2, 0) is 13.2 Å². The number of rotatable bonds is 4. The molecule has 0 bridgehead atoms. The maximum atomic E-state index is 11.1. The van der Waals surface area contributed by atoms with Crippen molar-refractivity contribution in [1.82, 2.24) is 4.90 Å². The lowest BCUT2D eigenvalue weighted by Gasteiger charge is -2.19. The zero-order valence-corrected chi connectivity index (χ0v) is 10.0. The number of aliphatic hydroxyl groups excluding tert-OH is 1. The van der Waals surface area contributed by atoms with E-state index < -0.39 is 6.09 Å². The fourth-order valence-corrected chi connectivity index (χ4v) is 1.96. The molecule has 17 heavy (non-hydrogen) atoms. The first kappa shape index (κ1) is 12.2. The molecule has 0 atom stereocenters. The Morgan fingerprint density at radius 2 is 2.18 bits per heavy atom. The molecule has 1 saturated carbocycles. The third kappa shape index (κ3) is 2.90. The smallest absolute Gasteiger partial charge is 0.407 e. The van der Waals surface area contributed by atoms with Crippen molar-refractivity contribution in [1.29, 1.82) is 0 Å². The Hall–Kier alpha value is -1.26. The molecule has 2 rings (SSSR count). The van der Waals surface area contributed by atoms with Crippen LogP contribution in [0.4, 0.5) is 4.79 Å². The second kappa shape index (κ2) is 4.94. The highest BCUT2D eigenvalue weighted by molar-refractivity contribution is 6.31. The van der Waals surface area contributed by atoms with Crippen molar-refractivity contribution in [3.05, 3.63) is 34.3 Å². The molecule has 0 aromatic heterocycles. The van der Waals surface area contributed by atoms with E-state index in [1.165, 1.54) is 4.90 Å². The second-order valence-electron chi connectivity index (χ2n) is 4.23. The van der Waals surface area contributed by atoms with Gasteiger partial charge in [-0.15, -0.1) is 0 Å². The molecule has 92 valence electrons. The Bertz CT molecular complexity index is 432. The van der Waals surface area contributed by atoms with Gasteiger partial charge in [0.15, 0.2) is 0 Å². The minimum absolute atomic E-state index is 0.136. The van der Waals surface area contributed by atoms with Crippen LogP contribution in [0.3, 0.4) is 0 Å². The predicted molar refractivity (Wildman–Crippen MR) is 64.0 cm³/mol. The molecule has 1 amide bonds. The van der Waals surface area contributed by atoms with E-state index in [4.69, 9.17) is 21.8 Å². The second-order valence-corrected chi connectivity index (χ2v) is 4.63. The van der Waals surface area contributed by atoms with Gasteiger partial charge in [-0.3, -0.25) is 0 Å². The number of amides is 1. The summed E-state index contributed by atoms with van der Waals surface area (Å²) in [7, 11) is 0. The summed E-state index contributed by atoms with van der Waals surface area (Å²) in [5, 5.41) is 18.7. The molecule has 0 radical (unpaired) electrons. The number of nitrogens with zero attached hydrogens (tertiary/aromatic N) is 1. The minimum Gasteiger partial charge on any atom is -0.465 e. The van der Waals surface area contributed by atoms with Gasteiger partial charge in [0.05, 0.1) is 6.61 Å². The number of hydrogen-bond acceptors (Lipinski definition) is 2. The standard InChI is InChI=1S/C12H14ClNO3/c13-11-4-1-8(5-9(11)7-15)6-14(12(16)17)10-2-3-10/h1,4-5,10,15H,2-3,6-7H2,(H,16,17). The van der Waals surface area contributed by atoms with Crippen molar-refractivity contribution in [2.45, 2.75) is 32.0 Å². The summed E-state index contributed by atoms with van der Waals surface area (Å²) < 4.78 is 0. The molecule has 1 aromatic rings. The van der Waals surface area contributed by atoms with Crippen molar-refractivity contribution in [2.75, 3.05) is 0 Å². The lowest BCUT2D eigenvalue weighted by atomic mass is 10.1. The van der Waals surface area contributed by atoms with Gasteiger partial charge < -0.3 is 15.1 Å². The van der Waals surface area contributed by atoms with Gasteiger partial charge in [-0.2, -0.15) is 0 Å². The van der Waals surface area contributed by atoms with Gasteiger partial charge in [0, 0.05) is 17.6 Å². The van der Waals surface area contributed by atoms with Gasteiger partial charge in [-0.25, -0.2) is 4.79 Å². The van der Waals surface area contributed by atoms with Gasteiger partial charge in [0.2, 0.25) is 0 Å². The molecular formula is C12H14ClNO3. The quantitative estimate of drug-likeness (QED) is 0.869. The maximum absolute atomic E-state index is 11.1. The van der Waals surface area contributed by atoms with Gasteiger partial charge in [0.1, 0.15) is 0 Å². The summed E-state index contributed by atoms with van der Waals surface area (Å²) in [4.78, 5) is 12.5. The molecule has 0 unspecified atom stereocenters. The first-order valence-corrected chi connectivity index (χ1v) is 5.87. The average molecular weight is 256 g/mol. The van der Waals surface area contributed by atoms with Crippen LogP contribution in [0, 0.1) is 0 Å². The Morgan fingerprint density at radius 3 is 2.71 bits per heavy atom. The number of aliphatic hydroxyl groups is 1. The fraction of sp³-hybridized carbons (Fsp3) is 0.417. The minimum atomic E-state index is -0.895. The average Bonchev–Trinajstić information content (AvgIpc) is 3.11. The molecule has 1 aliphatic rings. The van der Waals surface area contributed by atoms with E-state index in [1.807, 2.05) is 0 Å². The Morgan fingerprint density at radius 1 is 1.47 bits per heavy atom. The summed E-state index contributed by atoms with van der Waals surface area (Å²) in [6, 6.07) is 5.39. The lowest BCUT2D eigenvalue weighted by Crippen LogP contribution is -2.30. The van der Waals surface area contributed by atoms with E-state index in [9.17, 15) is 4.79 Å². The lowest BCUT2D eigenvalue weighted by molar-refractivity contribution is 0.139. The topological polar surface area (TPSA) is 60.8 Å². The van der Waals surface area contributed by atoms with E-state index in [2.05, 4.69) is 0 Å². The highest BCUT2D eigenvalue weighted by atomic mass is 35.5. The van der Waals surface area contributed by atoms with Gasteiger partial charge in [-0.1, -0.05) is 23.7 Å². The van der Waals surface area contributed by atoms with Crippen LogP contribution in [-0.4, -0.2) is 27.2 Å². The summed E-state index contributed by atoms with van der Waals surface area (Å²) >= 11 is 5.88. The molecule has 0 saturated heterocycles. The Labute approximate surface area is 104 Å². The maximum Gasteiger partial charge on any atom is 0.407 e. The van der Waals surface area contributed by atoms with Gasteiger partial charge >= 0.3 is 6.09 Å². The molecule has 1 aliphatic carbocycles. The largest absolute Gasteiger partial charge is 0.465 e. The first-order chi connectivity index (χ1) is 8.11.